The maximum atomic E-state index is 13.1. The molecule has 0 heterocycles. The number of amides is 1. The van der Waals surface area contributed by atoms with E-state index in [1.165, 1.54) is 6.07 Å². The second-order valence-electron chi connectivity index (χ2n) is 5.55. The molecule has 4 N–H and O–H groups in total. The Balaban J connectivity index is 0.000000612. The number of benzene rings is 2. The van der Waals surface area contributed by atoms with Gasteiger partial charge in [0, 0.05) is 12.0 Å². The summed E-state index contributed by atoms with van der Waals surface area (Å²) in [7, 11) is 0. The van der Waals surface area contributed by atoms with Crippen molar-refractivity contribution >= 4 is 23.6 Å². The van der Waals surface area contributed by atoms with Crippen molar-refractivity contribution in [3.8, 4) is 5.75 Å². The maximum absolute atomic E-state index is 13.1. The van der Waals surface area contributed by atoms with Gasteiger partial charge in [-0.2, -0.15) is 0 Å². The van der Waals surface area contributed by atoms with Crippen molar-refractivity contribution in [3.05, 3.63) is 65.2 Å². The van der Waals surface area contributed by atoms with E-state index < -0.39 is 35.3 Å². The molecule has 2 rings (SSSR count). The molecule has 0 unspecified atom stereocenters. The lowest BCUT2D eigenvalue weighted by Gasteiger charge is -2.07. The van der Waals surface area contributed by atoms with Crippen LogP contribution in [0.15, 0.2) is 42.5 Å². The van der Waals surface area contributed by atoms with Gasteiger partial charge in [-0.15, -0.1) is 0 Å². The van der Waals surface area contributed by atoms with Crippen molar-refractivity contribution in [2.75, 3.05) is 6.61 Å². The molecule has 29 heavy (non-hydrogen) atoms. The number of aryl methyl sites for hydroxylation is 1. The Hall–Kier alpha value is -3.82. The van der Waals surface area contributed by atoms with Crippen LogP contribution in [0, 0.1) is 11.6 Å². The minimum absolute atomic E-state index is 0.0296. The van der Waals surface area contributed by atoms with E-state index in [1.807, 2.05) is 0 Å². The van der Waals surface area contributed by atoms with Gasteiger partial charge in [0.05, 0.1) is 0 Å². The van der Waals surface area contributed by atoms with E-state index >= 15 is 0 Å². The fourth-order valence-electron chi connectivity index (χ4n) is 1.91. The third kappa shape index (κ3) is 8.61. The number of aliphatic carboxylic acids is 2. The molecule has 0 aliphatic carbocycles. The molecule has 0 aromatic heterocycles. The summed E-state index contributed by atoms with van der Waals surface area (Å²) in [6, 6.07) is 9.57. The van der Waals surface area contributed by atoms with E-state index in [0.29, 0.717) is 12.2 Å². The lowest BCUT2D eigenvalue weighted by Crippen LogP contribution is -2.21. The van der Waals surface area contributed by atoms with Crippen molar-refractivity contribution in [3.63, 3.8) is 0 Å². The Labute approximate surface area is 163 Å². The van der Waals surface area contributed by atoms with Gasteiger partial charge in [0.25, 0.3) is 0 Å². The first-order chi connectivity index (χ1) is 13.6. The predicted octanol–water partition coefficient (Wildman–Crippen LogP) is 1.80. The number of ketones is 1. The number of hydrogen-bond acceptors (Lipinski definition) is 5. The summed E-state index contributed by atoms with van der Waals surface area (Å²) in [6.07, 6.45) is 0.443. The Morgan fingerprint density at radius 3 is 2.00 bits per heavy atom. The molecule has 0 aliphatic heterocycles. The summed E-state index contributed by atoms with van der Waals surface area (Å²) in [5.41, 5.74) is 5.07. The summed E-state index contributed by atoms with van der Waals surface area (Å²) >= 11 is 0. The van der Waals surface area contributed by atoms with Crippen molar-refractivity contribution in [2.45, 2.75) is 12.8 Å². The zero-order valence-corrected chi connectivity index (χ0v) is 14.9. The van der Waals surface area contributed by atoms with Crippen LogP contribution in [0.25, 0.3) is 0 Å². The number of Topliss-reactive ketones (excluding diaryl/α,β-unsaturated/α-hetero) is 1. The van der Waals surface area contributed by atoms with Crippen LogP contribution in [0.3, 0.4) is 0 Å². The molecule has 0 aliphatic rings. The average molecular weight is 409 g/mol. The predicted molar refractivity (Wildman–Crippen MR) is 95.4 cm³/mol. The fraction of sp³-hybridized carbons (Fsp3) is 0.158. The molecular formula is C19H17F2NO7. The van der Waals surface area contributed by atoms with Crippen molar-refractivity contribution in [2.24, 2.45) is 5.73 Å². The molecule has 0 saturated heterocycles. The Morgan fingerprint density at radius 2 is 1.52 bits per heavy atom. The van der Waals surface area contributed by atoms with Gasteiger partial charge < -0.3 is 20.7 Å². The van der Waals surface area contributed by atoms with E-state index in [-0.39, 0.29) is 18.6 Å². The molecule has 0 radical (unpaired) electrons. The summed E-state index contributed by atoms with van der Waals surface area (Å²) in [6.45, 7) is -0.306. The highest BCUT2D eigenvalue weighted by Gasteiger charge is 2.10. The van der Waals surface area contributed by atoms with Gasteiger partial charge >= 0.3 is 17.8 Å². The van der Waals surface area contributed by atoms with Crippen LogP contribution in [0.1, 0.15) is 22.3 Å². The summed E-state index contributed by atoms with van der Waals surface area (Å²) in [4.78, 5) is 40.9. The number of primary amides is 1. The lowest BCUT2D eigenvalue weighted by molar-refractivity contribution is -0.148. The smallest absolute Gasteiger partial charge is 0.394 e. The van der Waals surface area contributed by atoms with Crippen molar-refractivity contribution in [1.29, 1.82) is 0 Å². The Kier molecular flexibility index (Phi) is 8.90. The van der Waals surface area contributed by atoms with Crippen LogP contribution in [0.4, 0.5) is 8.78 Å². The number of rotatable bonds is 7. The molecule has 8 nitrogen and oxygen atoms in total. The van der Waals surface area contributed by atoms with Gasteiger partial charge in [-0.25, -0.2) is 13.6 Å². The zero-order valence-electron chi connectivity index (χ0n) is 14.9. The minimum Gasteiger partial charge on any atom is -0.485 e. The molecule has 0 bridgehead atoms. The van der Waals surface area contributed by atoms with Gasteiger partial charge in [-0.05, 0) is 42.3 Å². The first-order valence-corrected chi connectivity index (χ1v) is 8.04. The molecule has 2 aromatic rings. The van der Waals surface area contributed by atoms with E-state index in [0.717, 1.165) is 17.7 Å². The van der Waals surface area contributed by atoms with E-state index in [1.54, 1.807) is 24.3 Å². The number of hydrogen-bond donors (Lipinski definition) is 3. The maximum Gasteiger partial charge on any atom is 0.394 e. The number of nitrogens with two attached hydrogens (primary N) is 1. The summed E-state index contributed by atoms with van der Waals surface area (Å²) in [5, 5.41) is 16.1. The fourth-order valence-corrected chi connectivity index (χ4v) is 1.91. The summed E-state index contributed by atoms with van der Waals surface area (Å²) in [5.74, 6) is -5.94. The van der Waals surface area contributed by atoms with Crippen LogP contribution in [0.5, 0.6) is 5.75 Å². The third-order valence-corrected chi connectivity index (χ3v) is 3.37. The van der Waals surface area contributed by atoms with Crippen LogP contribution in [-0.2, 0) is 20.8 Å². The number of carboxylic acid groups (broad SMARTS) is 2. The highest BCUT2D eigenvalue weighted by molar-refractivity contribution is 6.30. The number of carbonyl (C=O) groups excluding carboxylic acids is 2. The first kappa shape index (κ1) is 23.2. The molecule has 0 fully saturated rings. The molecule has 10 heteroatoms. The van der Waals surface area contributed by atoms with E-state index in [2.05, 4.69) is 5.73 Å². The first-order valence-electron chi connectivity index (χ1n) is 8.04. The minimum atomic E-state index is -1.60. The summed E-state index contributed by atoms with van der Waals surface area (Å²) < 4.78 is 31.2. The number of carboxylic acids is 2. The van der Waals surface area contributed by atoms with E-state index in [9.17, 15) is 28.0 Å². The lowest BCUT2D eigenvalue weighted by atomic mass is 10.1. The van der Waals surface area contributed by atoms with Gasteiger partial charge in [-0.3, -0.25) is 14.4 Å². The highest BCUT2D eigenvalue weighted by atomic mass is 19.2. The normalized spacial score (nSPS) is 9.72. The largest absolute Gasteiger partial charge is 0.485 e. The average Bonchev–Trinajstić information content (AvgIpc) is 2.67. The molecule has 0 spiro atoms. The second-order valence-corrected chi connectivity index (χ2v) is 5.55. The van der Waals surface area contributed by atoms with Gasteiger partial charge in [0.15, 0.2) is 24.0 Å². The van der Waals surface area contributed by atoms with Crippen LogP contribution in [-0.4, -0.2) is 40.4 Å². The molecule has 1 amide bonds. The monoisotopic (exact) mass is 409 g/mol. The SMILES string of the molecule is NC(=O)C(=O)O.O=C(O)CCc1ccc(OCC(=O)c2ccc(F)c(F)c2)cc1. The topological polar surface area (TPSA) is 144 Å². The van der Waals surface area contributed by atoms with Crippen molar-refractivity contribution in [1.82, 2.24) is 0 Å². The molecule has 2 aromatic carbocycles. The van der Waals surface area contributed by atoms with Gasteiger partial charge in [-0.1, -0.05) is 12.1 Å². The zero-order chi connectivity index (χ0) is 22.0. The van der Waals surface area contributed by atoms with Crippen LogP contribution in [0.2, 0.25) is 0 Å². The Morgan fingerprint density at radius 1 is 0.931 bits per heavy atom. The van der Waals surface area contributed by atoms with Crippen molar-refractivity contribution < 1.29 is 42.9 Å². The second kappa shape index (κ2) is 11.1. The van der Waals surface area contributed by atoms with Gasteiger partial charge in [0.1, 0.15) is 5.75 Å². The number of ether oxygens (including phenoxy) is 1. The van der Waals surface area contributed by atoms with Crippen LogP contribution < -0.4 is 10.5 Å². The third-order valence-electron chi connectivity index (χ3n) is 3.37. The van der Waals surface area contributed by atoms with Crippen LogP contribution >= 0.6 is 0 Å². The van der Waals surface area contributed by atoms with E-state index in [4.69, 9.17) is 14.9 Å². The molecular weight excluding hydrogens is 392 g/mol. The Bertz CT molecular complexity index is 886. The number of halogens is 2. The quantitative estimate of drug-likeness (QED) is 0.467. The molecule has 0 saturated carbocycles. The standard InChI is InChI=1S/C17H14F2O4.C2H3NO3/c18-14-7-4-12(9-15(14)19)16(20)10-23-13-5-1-11(2-6-13)3-8-17(21)22;3-1(4)2(5)6/h1-2,4-7,9H,3,8,10H2,(H,21,22);(H2,3,4)(H,5,6). The molecule has 154 valence electrons. The highest BCUT2D eigenvalue weighted by Crippen LogP contribution is 2.15. The van der Waals surface area contributed by atoms with Gasteiger partial charge in [0.2, 0.25) is 0 Å². The number of carbonyl (C=O) groups is 4. The molecule has 0 atom stereocenters.